The van der Waals surface area contributed by atoms with E-state index in [1.165, 1.54) is 25.8 Å². The van der Waals surface area contributed by atoms with E-state index in [9.17, 15) is 19.9 Å². The zero-order chi connectivity index (χ0) is 24.5. The number of aromatic amines is 1. The Hall–Kier alpha value is -3.04. The van der Waals surface area contributed by atoms with Crippen molar-refractivity contribution in [2.45, 2.75) is 31.1 Å². The highest BCUT2D eigenvalue weighted by molar-refractivity contribution is 7.46. The number of methoxy groups -OCH3 is 1. The molecular formula is C18H22N5O10P. The first kappa shape index (κ1) is 24.1. The maximum absolute atomic E-state index is 10.9. The average molecular weight is 499 g/mol. The molecule has 2 aromatic heterocycles. The Balaban J connectivity index is 1.50. The van der Waals surface area contributed by atoms with E-state index in [-0.39, 0.29) is 18.0 Å². The molecule has 1 saturated heterocycles. The molecule has 7 N–H and O–H groups in total. The van der Waals surface area contributed by atoms with Crippen LogP contribution in [0.15, 0.2) is 24.8 Å². The average Bonchev–Trinajstić information content (AvgIpc) is 3.38. The molecule has 0 saturated carbocycles. The summed E-state index contributed by atoms with van der Waals surface area (Å²) in [7, 11) is -3.40. The Bertz CT molecular complexity index is 1200. The summed E-state index contributed by atoms with van der Waals surface area (Å²) in [4.78, 5) is 32.8. The van der Waals surface area contributed by atoms with Gasteiger partial charge in [0.15, 0.2) is 23.0 Å². The number of ether oxygens (including phenoxy) is 3. The standard InChI is InChI=1S/C18H22N5O10P/c1-30-9-2-8(4-19-16-12-17(21-6-20-12)23-7-22-16)13(24)10(3-9)32-18-15(26)14(25)11(33-18)5-31-34(27,28)29/h2-3,6-7,11,14-15,18,24-26H,4-5H2,1H3,(H2,27,28,29)(H2,19,20,21,22,23)/t11-,14-,15-,18?/m1/s1. The van der Waals surface area contributed by atoms with Gasteiger partial charge in [0.2, 0.25) is 6.29 Å². The molecule has 15 nitrogen and oxygen atoms in total. The number of nitrogens with one attached hydrogen (secondary N) is 2. The van der Waals surface area contributed by atoms with Gasteiger partial charge in [-0.15, -0.1) is 0 Å². The predicted octanol–water partition coefficient (Wildman–Crippen LogP) is -0.386. The number of phenolic OH excluding ortho intramolecular Hbond substituents is 1. The monoisotopic (exact) mass is 499 g/mol. The molecule has 0 spiro atoms. The minimum absolute atomic E-state index is 0.0833. The van der Waals surface area contributed by atoms with Crippen LogP contribution in [0.1, 0.15) is 5.56 Å². The van der Waals surface area contributed by atoms with Crippen molar-refractivity contribution in [2.24, 2.45) is 0 Å². The molecular weight excluding hydrogens is 477 g/mol. The van der Waals surface area contributed by atoms with Gasteiger partial charge in [0.1, 0.15) is 35.9 Å². The Morgan fingerprint density at radius 2 is 2.00 bits per heavy atom. The van der Waals surface area contributed by atoms with Gasteiger partial charge in [0, 0.05) is 18.2 Å². The van der Waals surface area contributed by atoms with Gasteiger partial charge in [-0.2, -0.15) is 0 Å². The third kappa shape index (κ3) is 5.20. The summed E-state index contributed by atoms with van der Waals surface area (Å²) in [6, 6.07) is 2.90. The Kier molecular flexibility index (Phi) is 6.86. The zero-order valence-electron chi connectivity index (χ0n) is 17.6. The van der Waals surface area contributed by atoms with E-state index in [2.05, 4.69) is 29.8 Å². The molecule has 4 atom stereocenters. The van der Waals surface area contributed by atoms with Crippen LogP contribution in [0.4, 0.5) is 5.82 Å². The van der Waals surface area contributed by atoms with E-state index < -0.39 is 39.0 Å². The predicted molar refractivity (Wildman–Crippen MR) is 113 cm³/mol. The number of aromatic nitrogens is 4. The number of fused-ring (bicyclic) bond motifs is 1. The van der Waals surface area contributed by atoms with E-state index in [4.69, 9.17) is 24.0 Å². The fraction of sp³-hybridized carbons (Fsp3) is 0.389. The summed E-state index contributed by atoms with van der Waals surface area (Å²) in [5, 5.41) is 34.1. The molecule has 1 aliphatic rings. The number of rotatable bonds is 9. The highest BCUT2D eigenvalue weighted by Gasteiger charge is 2.45. The summed E-state index contributed by atoms with van der Waals surface area (Å²) in [6.07, 6.45) is -3.09. The SMILES string of the molecule is COc1cc(CNc2ncnc3nc[nH]c23)c(O)c(OC2O[C@H](COP(=O)(O)O)[C@@H](O)[C@H]2O)c1. The fourth-order valence-corrected chi connectivity index (χ4v) is 3.64. The number of aliphatic hydroxyl groups is 2. The number of benzene rings is 1. The van der Waals surface area contributed by atoms with E-state index in [0.717, 1.165) is 0 Å². The number of phosphoric acid groups is 1. The topological polar surface area (TPSA) is 222 Å². The van der Waals surface area contributed by atoms with Gasteiger partial charge in [-0.3, -0.25) is 4.52 Å². The van der Waals surface area contributed by atoms with Crippen LogP contribution in [0.3, 0.4) is 0 Å². The Morgan fingerprint density at radius 3 is 2.74 bits per heavy atom. The van der Waals surface area contributed by atoms with Crippen LogP contribution in [0.5, 0.6) is 17.2 Å². The van der Waals surface area contributed by atoms with Gasteiger partial charge in [-0.25, -0.2) is 19.5 Å². The fourth-order valence-electron chi connectivity index (χ4n) is 3.30. The van der Waals surface area contributed by atoms with Gasteiger partial charge in [0.05, 0.1) is 20.0 Å². The van der Waals surface area contributed by atoms with Gasteiger partial charge < -0.3 is 49.6 Å². The summed E-state index contributed by atoms with van der Waals surface area (Å²) < 4.78 is 31.4. The maximum Gasteiger partial charge on any atom is 0.469 e. The van der Waals surface area contributed by atoms with Crippen molar-refractivity contribution in [3.8, 4) is 17.2 Å². The van der Waals surface area contributed by atoms with Crippen LogP contribution in [0.2, 0.25) is 0 Å². The highest BCUT2D eigenvalue weighted by Crippen LogP contribution is 2.39. The van der Waals surface area contributed by atoms with Crippen molar-refractivity contribution in [3.63, 3.8) is 0 Å². The van der Waals surface area contributed by atoms with E-state index in [1.54, 1.807) is 6.07 Å². The van der Waals surface area contributed by atoms with Gasteiger partial charge in [0.25, 0.3) is 0 Å². The van der Waals surface area contributed by atoms with Crippen LogP contribution in [-0.2, 0) is 20.4 Å². The number of aromatic hydroxyl groups is 1. The van der Waals surface area contributed by atoms with Crippen LogP contribution in [0, 0.1) is 0 Å². The Morgan fingerprint density at radius 1 is 1.21 bits per heavy atom. The molecule has 1 unspecified atom stereocenters. The second-order valence-corrected chi connectivity index (χ2v) is 8.48. The maximum atomic E-state index is 10.9. The lowest BCUT2D eigenvalue weighted by atomic mass is 10.1. The first-order valence-electron chi connectivity index (χ1n) is 9.82. The highest BCUT2D eigenvalue weighted by atomic mass is 31.2. The minimum Gasteiger partial charge on any atom is -0.504 e. The van der Waals surface area contributed by atoms with E-state index in [1.807, 2.05) is 0 Å². The van der Waals surface area contributed by atoms with Crippen LogP contribution in [-0.4, -0.2) is 83.4 Å². The van der Waals surface area contributed by atoms with Gasteiger partial charge in [-0.05, 0) is 6.07 Å². The molecule has 3 aromatic rings. The quantitative estimate of drug-likeness (QED) is 0.186. The molecule has 16 heteroatoms. The lowest BCUT2D eigenvalue weighted by molar-refractivity contribution is -0.116. The number of nitrogens with zero attached hydrogens (tertiary/aromatic N) is 3. The van der Waals surface area contributed by atoms with E-state index in [0.29, 0.717) is 28.3 Å². The first-order chi connectivity index (χ1) is 16.2. The summed E-state index contributed by atoms with van der Waals surface area (Å²) in [5.41, 5.74) is 1.37. The molecule has 0 bridgehead atoms. The Labute approximate surface area is 191 Å². The minimum atomic E-state index is -4.81. The summed E-state index contributed by atoms with van der Waals surface area (Å²) >= 11 is 0. The van der Waals surface area contributed by atoms with Crippen LogP contribution in [0.25, 0.3) is 11.2 Å². The normalized spacial score (nSPS) is 22.7. The summed E-state index contributed by atoms with van der Waals surface area (Å²) in [6.45, 7) is -0.609. The largest absolute Gasteiger partial charge is 0.504 e. The number of hydrogen-bond acceptors (Lipinski definition) is 12. The molecule has 1 fully saturated rings. The van der Waals surface area contributed by atoms with Crippen LogP contribution >= 0.6 is 7.82 Å². The van der Waals surface area contributed by atoms with Gasteiger partial charge in [-0.1, -0.05) is 0 Å². The molecule has 1 aliphatic heterocycles. The molecule has 1 aromatic carbocycles. The van der Waals surface area contributed by atoms with E-state index >= 15 is 0 Å². The van der Waals surface area contributed by atoms with Crippen molar-refractivity contribution < 1.29 is 48.4 Å². The molecule has 0 radical (unpaired) electrons. The molecule has 4 rings (SSSR count). The van der Waals surface area contributed by atoms with Crippen molar-refractivity contribution in [2.75, 3.05) is 19.0 Å². The van der Waals surface area contributed by atoms with Crippen LogP contribution < -0.4 is 14.8 Å². The second kappa shape index (κ2) is 9.68. The third-order valence-corrected chi connectivity index (χ3v) is 5.49. The first-order valence-corrected chi connectivity index (χ1v) is 11.4. The number of imidazole rings is 1. The van der Waals surface area contributed by atoms with Crippen molar-refractivity contribution >= 4 is 24.8 Å². The number of H-pyrrole nitrogens is 1. The molecule has 3 heterocycles. The summed E-state index contributed by atoms with van der Waals surface area (Å²) in [5.74, 6) is 0.327. The smallest absolute Gasteiger partial charge is 0.469 e. The number of anilines is 1. The van der Waals surface area contributed by atoms with Crippen molar-refractivity contribution in [3.05, 3.63) is 30.4 Å². The van der Waals surface area contributed by atoms with Crippen molar-refractivity contribution in [1.29, 1.82) is 0 Å². The van der Waals surface area contributed by atoms with Gasteiger partial charge >= 0.3 is 7.82 Å². The number of phosphoric ester groups is 1. The lowest BCUT2D eigenvalue weighted by Crippen LogP contribution is -2.35. The van der Waals surface area contributed by atoms with Crippen molar-refractivity contribution in [1.82, 2.24) is 19.9 Å². The number of aliphatic hydroxyl groups excluding tert-OH is 2. The molecule has 0 aliphatic carbocycles. The lowest BCUT2D eigenvalue weighted by Gasteiger charge is -2.20. The number of hydrogen-bond donors (Lipinski definition) is 7. The molecule has 184 valence electrons. The third-order valence-electron chi connectivity index (χ3n) is 5.00. The molecule has 0 amide bonds. The second-order valence-electron chi connectivity index (χ2n) is 7.24. The molecule has 34 heavy (non-hydrogen) atoms. The number of phenols is 1. The zero-order valence-corrected chi connectivity index (χ0v) is 18.5.